The summed E-state index contributed by atoms with van der Waals surface area (Å²) in [7, 11) is 0. The summed E-state index contributed by atoms with van der Waals surface area (Å²) < 4.78 is 27.1. The van der Waals surface area contributed by atoms with Gasteiger partial charge in [0.15, 0.2) is 11.6 Å². The maximum atomic E-state index is 13.8. The van der Waals surface area contributed by atoms with Crippen LogP contribution in [0.25, 0.3) is 0 Å². The van der Waals surface area contributed by atoms with Crippen LogP contribution in [-0.2, 0) is 0 Å². The predicted octanol–water partition coefficient (Wildman–Crippen LogP) is 3.09. The minimum atomic E-state index is -0.769. The van der Waals surface area contributed by atoms with Gasteiger partial charge in [-0.2, -0.15) is 0 Å². The third-order valence-corrected chi connectivity index (χ3v) is 4.30. The van der Waals surface area contributed by atoms with Crippen molar-refractivity contribution < 1.29 is 8.78 Å². The Hall–Kier alpha value is -1.00. The molecule has 0 spiro atoms. The lowest BCUT2D eigenvalue weighted by Crippen LogP contribution is -2.40. The van der Waals surface area contributed by atoms with Crippen LogP contribution in [0.4, 0.5) is 8.78 Å². The molecule has 2 N–H and O–H groups in total. The first-order valence-electron chi connectivity index (χ1n) is 6.94. The Morgan fingerprint density at radius 3 is 2.42 bits per heavy atom. The Kier molecular flexibility index (Phi) is 4.53. The normalized spacial score (nSPS) is 21.3. The van der Waals surface area contributed by atoms with Crippen molar-refractivity contribution in [1.82, 2.24) is 4.90 Å². The third kappa shape index (κ3) is 3.12. The van der Waals surface area contributed by atoms with Gasteiger partial charge in [-0.15, -0.1) is 0 Å². The fourth-order valence-corrected chi connectivity index (χ4v) is 2.87. The highest BCUT2D eigenvalue weighted by atomic mass is 19.2. The Morgan fingerprint density at radius 1 is 1.21 bits per heavy atom. The van der Waals surface area contributed by atoms with E-state index in [1.807, 2.05) is 13.8 Å². The largest absolute Gasteiger partial charge is 0.328 e. The first kappa shape index (κ1) is 14.4. The molecular formula is C15H22F2N2. The summed E-state index contributed by atoms with van der Waals surface area (Å²) in [5, 5.41) is 0. The second-order valence-electron chi connectivity index (χ2n) is 5.55. The molecule has 2 atom stereocenters. The van der Waals surface area contributed by atoms with Crippen LogP contribution in [0, 0.1) is 17.6 Å². The van der Waals surface area contributed by atoms with Crippen molar-refractivity contribution in [3.63, 3.8) is 0 Å². The summed E-state index contributed by atoms with van der Waals surface area (Å²) >= 11 is 0. The second kappa shape index (κ2) is 5.97. The van der Waals surface area contributed by atoms with Gasteiger partial charge in [-0.1, -0.05) is 12.1 Å². The molecule has 1 saturated heterocycles. The van der Waals surface area contributed by atoms with Crippen LogP contribution in [0.3, 0.4) is 0 Å². The molecule has 1 heterocycles. The van der Waals surface area contributed by atoms with E-state index in [0.29, 0.717) is 11.5 Å². The van der Waals surface area contributed by atoms with Gasteiger partial charge in [0, 0.05) is 17.6 Å². The summed E-state index contributed by atoms with van der Waals surface area (Å²) in [6.07, 6.45) is 2.05. The number of rotatable bonds is 3. The number of nitrogens with two attached hydrogens (primary N) is 1. The summed E-state index contributed by atoms with van der Waals surface area (Å²) in [5.41, 5.74) is 6.36. The van der Waals surface area contributed by atoms with E-state index < -0.39 is 11.6 Å². The maximum absolute atomic E-state index is 13.8. The lowest BCUT2D eigenvalue weighted by atomic mass is 9.89. The SMILES string of the molecule is CC(N)C1CCN(C(C)c2cccc(F)c2F)CC1. The van der Waals surface area contributed by atoms with Gasteiger partial charge in [0.2, 0.25) is 0 Å². The zero-order chi connectivity index (χ0) is 14.0. The molecule has 0 bridgehead atoms. The van der Waals surface area contributed by atoms with Crippen molar-refractivity contribution in [3.8, 4) is 0 Å². The third-order valence-electron chi connectivity index (χ3n) is 4.30. The highest BCUT2D eigenvalue weighted by Crippen LogP contribution is 2.29. The van der Waals surface area contributed by atoms with Crippen molar-refractivity contribution in [3.05, 3.63) is 35.4 Å². The molecule has 1 aromatic rings. The smallest absolute Gasteiger partial charge is 0.163 e. The number of benzene rings is 1. The fourth-order valence-electron chi connectivity index (χ4n) is 2.87. The number of hydrogen-bond donors (Lipinski definition) is 1. The Morgan fingerprint density at radius 2 is 1.84 bits per heavy atom. The number of nitrogens with zero attached hydrogens (tertiary/aromatic N) is 1. The second-order valence-corrected chi connectivity index (χ2v) is 5.55. The minimum Gasteiger partial charge on any atom is -0.328 e. The van der Waals surface area contributed by atoms with Crippen molar-refractivity contribution >= 4 is 0 Å². The average molecular weight is 268 g/mol. The molecule has 1 aromatic carbocycles. The Labute approximate surface area is 113 Å². The highest BCUT2D eigenvalue weighted by Gasteiger charge is 2.27. The summed E-state index contributed by atoms with van der Waals surface area (Å²) in [6, 6.07) is 4.52. The van der Waals surface area contributed by atoms with Gasteiger partial charge in [0.25, 0.3) is 0 Å². The monoisotopic (exact) mass is 268 g/mol. The summed E-state index contributed by atoms with van der Waals surface area (Å²) in [4.78, 5) is 2.21. The van der Waals surface area contributed by atoms with Gasteiger partial charge >= 0.3 is 0 Å². The number of likely N-dealkylation sites (tertiary alicyclic amines) is 1. The molecule has 2 nitrogen and oxygen atoms in total. The van der Waals surface area contributed by atoms with Crippen molar-refractivity contribution in [2.24, 2.45) is 11.7 Å². The lowest BCUT2D eigenvalue weighted by molar-refractivity contribution is 0.130. The standard InChI is InChI=1S/C15H22F2N2/c1-10(18)12-6-8-19(9-7-12)11(2)13-4-3-5-14(16)15(13)17/h3-5,10-12H,6-9,18H2,1-2H3. The number of hydrogen-bond acceptors (Lipinski definition) is 2. The number of halogens is 2. The van der Waals surface area contributed by atoms with Gasteiger partial charge in [-0.3, -0.25) is 4.90 Å². The van der Waals surface area contributed by atoms with Gasteiger partial charge < -0.3 is 5.73 Å². The molecular weight excluding hydrogens is 246 g/mol. The summed E-state index contributed by atoms with van der Waals surface area (Å²) in [6.45, 7) is 5.76. The van der Waals surface area contributed by atoms with Crippen molar-refractivity contribution in [1.29, 1.82) is 0 Å². The first-order chi connectivity index (χ1) is 9.00. The van der Waals surface area contributed by atoms with Crippen LogP contribution >= 0.6 is 0 Å². The van der Waals surface area contributed by atoms with E-state index in [1.165, 1.54) is 0 Å². The Bertz CT molecular complexity index is 426. The van der Waals surface area contributed by atoms with E-state index in [0.717, 1.165) is 32.0 Å². The molecule has 0 aromatic heterocycles. The lowest BCUT2D eigenvalue weighted by Gasteiger charge is -2.37. The van der Waals surface area contributed by atoms with E-state index in [2.05, 4.69) is 4.90 Å². The van der Waals surface area contributed by atoms with E-state index in [9.17, 15) is 8.78 Å². The molecule has 1 aliphatic heterocycles. The van der Waals surface area contributed by atoms with Crippen LogP contribution in [-0.4, -0.2) is 24.0 Å². The molecule has 106 valence electrons. The van der Waals surface area contributed by atoms with Crippen LogP contribution in [0.15, 0.2) is 18.2 Å². The molecule has 0 radical (unpaired) electrons. The molecule has 0 amide bonds. The van der Waals surface area contributed by atoms with E-state index in [1.54, 1.807) is 12.1 Å². The summed E-state index contributed by atoms with van der Waals surface area (Å²) in [5.74, 6) is -0.945. The zero-order valence-electron chi connectivity index (χ0n) is 11.6. The number of piperidine rings is 1. The van der Waals surface area contributed by atoms with E-state index in [-0.39, 0.29) is 12.1 Å². The molecule has 2 unspecified atom stereocenters. The molecule has 0 aliphatic carbocycles. The van der Waals surface area contributed by atoms with E-state index >= 15 is 0 Å². The first-order valence-corrected chi connectivity index (χ1v) is 6.94. The van der Waals surface area contributed by atoms with Crippen LogP contribution < -0.4 is 5.73 Å². The van der Waals surface area contributed by atoms with Gasteiger partial charge in [-0.25, -0.2) is 8.78 Å². The predicted molar refractivity (Wildman–Crippen MR) is 72.7 cm³/mol. The topological polar surface area (TPSA) is 29.3 Å². The molecule has 2 rings (SSSR count). The molecule has 1 aliphatic rings. The quantitative estimate of drug-likeness (QED) is 0.912. The molecule has 19 heavy (non-hydrogen) atoms. The van der Waals surface area contributed by atoms with Crippen LogP contribution in [0.2, 0.25) is 0 Å². The highest BCUT2D eigenvalue weighted by molar-refractivity contribution is 5.22. The van der Waals surface area contributed by atoms with Crippen molar-refractivity contribution in [2.75, 3.05) is 13.1 Å². The van der Waals surface area contributed by atoms with Crippen molar-refractivity contribution in [2.45, 2.75) is 38.8 Å². The van der Waals surface area contributed by atoms with Gasteiger partial charge in [0.05, 0.1) is 0 Å². The van der Waals surface area contributed by atoms with Gasteiger partial charge in [-0.05, 0) is 51.8 Å². The van der Waals surface area contributed by atoms with Crippen LogP contribution in [0.5, 0.6) is 0 Å². The molecule has 1 fully saturated rings. The Balaban J connectivity index is 2.05. The molecule has 0 saturated carbocycles. The molecule has 4 heteroatoms. The van der Waals surface area contributed by atoms with E-state index in [4.69, 9.17) is 5.73 Å². The zero-order valence-corrected chi connectivity index (χ0v) is 11.6. The van der Waals surface area contributed by atoms with Gasteiger partial charge in [0.1, 0.15) is 0 Å². The minimum absolute atomic E-state index is 0.0928. The maximum Gasteiger partial charge on any atom is 0.163 e. The average Bonchev–Trinajstić information content (AvgIpc) is 2.41. The van der Waals surface area contributed by atoms with Crippen LogP contribution in [0.1, 0.15) is 38.3 Å². The fraction of sp³-hybridized carbons (Fsp3) is 0.600.